The summed E-state index contributed by atoms with van der Waals surface area (Å²) in [6.45, 7) is 6.30. The average Bonchev–Trinajstić information content (AvgIpc) is 2.41. The van der Waals surface area contributed by atoms with E-state index in [1.54, 1.807) is 0 Å². The van der Waals surface area contributed by atoms with Gasteiger partial charge in [-0.2, -0.15) is 5.10 Å². The van der Waals surface area contributed by atoms with Crippen molar-refractivity contribution in [3.05, 3.63) is 29.0 Å². The van der Waals surface area contributed by atoms with Gasteiger partial charge in [0.25, 0.3) is 0 Å². The molecule has 0 radical (unpaired) electrons. The van der Waals surface area contributed by atoms with Crippen LogP contribution < -0.4 is 0 Å². The van der Waals surface area contributed by atoms with Gasteiger partial charge < -0.3 is 0 Å². The molecule has 1 aromatic heterocycles. The maximum Gasteiger partial charge on any atom is 0.0672 e. The molecule has 1 aromatic carbocycles. The molecule has 0 aliphatic carbocycles. The number of fused-ring (bicyclic) bond motifs is 1. The van der Waals surface area contributed by atoms with Crippen molar-refractivity contribution >= 4 is 10.9 Å². The molecule has 2 aromatic rings. The molecule has 0 aliphatic heterocycles. The average molecular weight is 160 g/mol. The first-order valence-corrected chi connectivity index (χ1v) is 4.11. The lowest BCUT2D eigenvalue weighted by Gasteiger charge is -2.00. The zero-order valence-corrected chi connectivity index (χ0v) is 7.60. The summed E-state index contributed by atoms with van der Waals surface area (Å²) in [4.78, 5) is 0. The highest BCUT2D eigenvalue weighted by Crippen LogP contribution is 2.21. The van der Waals surface area contributed by atoms with Crippen LogP contribution in [0.4, 0.5) is 0 Å². The molecule has 2 heteroatoms. The minimum atomic E-state index is 1.09. The molecule has 2 nitrogen and oxygen atoms in total. The van der Waals surface area contributed by atoms with Crippen LogP contribution in [0.1, 0.15) is 16.8 Å². The van der Waals surface area contributed by atoms with Crippen molar-refractivity contribution < 1.29 is 0 Å². The first kappa shape index (κ1) is 7.35. The van der Waals surface area contributed by atoms with Crippen LogP contribution in [0.2, 0.25) is 0 Å². The summed E-state index contributed by atoms with van der Waals surface area (Å²) in [5.41, 5.74) is 4.88. The molecular weight excluding hydrogens is 148 g/mol. The summed E-state index contributed by atoms with van der Waals surface area (Å²) >= 11 is 0. The smallest absolute Gasteiger partial charge is 0.0672 e. The number of rotatable bonds is 0. The van der Waals surface area contributed by atoms with E-state index in [1.807, 2.05) is 6.92 Å². The predicted octanol–water partition coefficient (Wildman–Crippen LogP) is 2.49. The van der Waals surface area contributed by atoms with Crippen molar-refractivity contribution in [1.82, 2.24) is 10.2 Å². The number of aryl methyl sites for hydroxylation is 3. The third-order valence-electron chi connectivity index (χ3n) is 2.44. The highest BCUT2D eigenvalue weighted by Gasteiger charge is 2.04. The number of benzene rings is 1. The number of nitrogens with zero attached hydrogens (tertiary/aromatic N) is 1. The minimum absolute atomic E-state index is 1.09. The van der Waals surface area contributed by atoms with Gasteiger partial charge in [0.05, 0.1) is 11.2 Å². The molecule has 2 rings (SSSR count). The summed E-state index contributed by atoms with van der Waals surface area (Å²) in [6, 6.07) is 4.20. The van der Waals surface area contributed by atoms with Gasteiger partial charge in [-0.3, -0.25) is 5.10 Å². The van der Waals surface area contributed by atoms with Crippen LogP contribution in [0.3, 0.4) is 0 Å². The van der Waals surface area contributed by atoms with Gasteiger partial charge in [-0.15, -0.1) is 0 Å². The molecule has 1 heterocycles. The van der Waals surface area contributed by atoms with Crippen LogP contribution in [-0.2, 0) is 0 Å². The molecule has 62 valence electrons. The second-order valence-electron chi connectivity index (χ2n) is 3.24. The van der Waals surface area contributed by atoms with E-state index in [2.05, 4.69) is 36.2 Å². The fourth-order valence-corrected chi connectivity index (χ4v) is 1.58. The summed E-state index contributed by atoms with van der Waals surface area (Å²) in [7, 11) is 0. The summed E-state index contributed by atoms with van der Waals surface area (Å²) in [5, 5.41) is 8.45. The molecule has 0 spiro atoms. The molecule has 0 aliphatic rings. The molecule has 12 heavy (non-hydrogen) atoms. The molecular formula is C10H12N2. The maximum absolute atomic E-state index is 4.17. The molecule has 0 saturated heterocycles. The zero-order valence-electron chi connectivity index (χ0n) is 7.60. The lowest BCUT2D eigenvalue weighted by atomic mass is 10.0. The number of H-pyrrole nitrogens is 1. The predicted molar refractivity (Wildman–Crippen MR) is 50.3 cm³/mol. The van der Waals surface area contributed by atoms with Gasteiger partial charge in [-0.25, -0.2) is 0 Å². The van der Waals surface area contributed by atoms with Crippen LogP contribution in [0.15, 0.2) is 12.1 Å². The molecule has 0 atom stereocenters. The molecule has 0 bridgehead atoms. The molecule has 0 saturated carbocycles. The van der Waals surface area contributed by atoms with E-state index in [0.717, 1.165) is 11.2 Å². The molecule has 0 fully saturated rings. The van der Waals surface area contributed by atoms with Crippen molar-refractivity contribution in [2.45, 2.75) is 20.8 Å². The number of hydrogen-bond acceptors (Lipinski definition) is 1. The van der Waals surface area contributed by atoms with Gasteiger partial charge in [0, 0.05) is 5.39 Å². The minimum Gasteiger partial charge on any atom is -0.278 e. The third kappa shape index (κ3) is 0.843. The Morgan fingerprint density at radius 1 is 1.17 bits per heavy atom. The Morgan fingerprint density at radius 3 is 2.67 bits per heavy atom. The Bertz CT molecular complexity index is 427. The van der Waals surface area contributed by atoms with Crippen LogP contribution in [0, 0.1) is 20.8 Å². The van der Waals surface area contributed by atoms with Gasteiger partial charge in [0.1, 0.15) is 0 Å². The van der Waals surface area contributed by atoms with E-state index in [0.29, 0.717) is 0 Å². The Morgan fingerprint density at radius 2 is 1.92 bits per heavy atom. The number of hydrogen-bond donors (Lipinski definition) is 1. The highest BCUT2D eigenvalue weighted by molar-refractivity contribution is 5.85. The normalized spacial score (nSPS) is 10.9. The summed E-state index contributed by atoms with van der Waals surface area (Å²) in [5.74, 6) is 0. The zero-order chi connectivity index (χ0) is 8.72. The third-order valence-corrected chi connectivity index (χ3v) is 2.44. The van der Waals surface area contributed by atoms with Crippen molar-refractivity contribution in [2.75, 3.05) is 0 Å². The van der Waals surface area contributed by atoms with Crippen molar-refractivity contribution in [3.8, 4) is 0 Å². The largest absolute Gasteiger partial charge is 0.278 e. The number of aromatic amines is 1. The fourth-order valence-electron chi connectivity index (χ4n) is 1.58. The van der Waals surface area contributed by atoms with Crippen LogP contribution in [-0.4, -0.2) is 10.2 Å². The van der Waals surface area contributed by atoms with E-state index in [1.165, 1.54) is 16.5 Å². The van der Waals surface area contributed by atoms with E-state index >= 15 is 0 Å². The van der Waals surface area contributed by atoms with Crippen molar-refractivity contribution in [1.29, 1.82) is 0 Å². The van der Waals surface area contributed by atoms with E-state index < -0.39 is 0 Å². The first-order chi connectivity index (χ1) is 5.70. The van der Waals surface area contributed by atoms with E-state index in [9.17, 15) is 0 Å². The van der Waals surface area contributed by atoms with Crippen molar-refractivity contribution in [2.24, 2.45) is 0 Å². The summed E-state index contributed by atoms with van der Waals surface area (Å²) < 4.78 is 0. The van der Waals surface area contributed by atoms with Gasteiger partial charge in [0.2, 0.25) is 0 Å². The summed E-state index contributed by atoms with van der Waals surface area (Å²) in [6.07, 6.45) is 0. The van der Waals surface area contributed by atoms with Crippen molar-refractivity contribution in [3.63, 3.8) is 0 Å². The van der Waals surface area contributed by atoms with Gasteiger partial charge >= 0.3 is 0 Å². The fraction of sp³-hybridized carbons (Fsp3) is 0.300. The lowest BCUT2D eigenvalue weighted by Crippen LogP contribution is -1.82. The second kappa shape index (κ2) is 2.34. The van der Waals surface area contributed by atoms with Crippen LogP contribution in [0.5, 0.6) is 0 Å². The molecule has 1 N–H and O–H groups in total. The van der Waals surface area contributed by atoms with E-state index in [4.69, 9.17) is 0 Å². The van der Waals surface area contributed by atoms with Gasteiger partial charge in [0.15, 0.2) is 0 Å². The topological polar surface area (TPSA) is 28.7 Å². The van der Waals surface area contributed by atoms with Gasteiger partial charge in [-0.1, -0.05) is 6.07 Å². The SMILES string of the molecule is Cc1ccc2[nH]nc(C)c2c1C. The van der Waals surface area contributed by atoms with Crippen LogP contribution in [0.25, 0.3) is 10.9 Å². The maximum atomic E-state index is 4.17. The monoisotopic (exact) mass is 160 g/mol. The Labute approximate surface area is 71.6 Å². The van der Waals surface area contributed by atoms with E-state index in [-0.39, 0.29) is 0 Å². The first-order valence-electron chi connectivity index (χ1n) is 4.11. The van der Waals surface area contributed by atoms with Crippen LogP contribution >= 0.6 is 0 Å². The Balaban J connectivity index is 2.96. The van der Waals surface area contributed by atoms with Gasteiger partial charge in [-0.05, 0) is 38.0 Å². The highest BCUT2D eigenvalue weighted by atomic mass is 15.1. The number of nitrogens with one attached hydrogen (secondary N) is 1. The Kier molecular flexibility index (Phi) is 1.43. The Hall–Kier alpha value is -1.31. The lowest BCUT2D eigenvalue weighted by molar-refractivity contribution is 1.07. The number of aromatic nitrogens is 2. The molecule has 0 amide bonds. The second-order valence-corrected chi connectivity index (χ2v) is 3.24. The molecule has 0 unspecified atom stereocenters. The quantitative estimate of drug-likeness (QED) is 0.630. The standard InChI is InChI=1S/C10H12N2/c1-6-4-5-9-10(7(6)2)8(3)11-12-9/h4-5H,1-3H3,(H,11,12).